The van der Waals surface area contributed by atoms with Crippen molar-refractivity contribution in [3.63, 3.8) is 0 Å². The molecule has 10 radical (unpaired) electrons. The van der Waals surface area contributed by atoms with Crippen LogP contribution >= 0.6 is 0 Å². The van der Waals surface area contributed by atoms with Crippen LogP contribution in [0.5, 0.6) is 0 Å². The fourth-order valence-electron chi connectivity index (χ4n) is 2.22. The third kappa shape index (κ3) is 8.50. The summed E-state index contributed by atoms with van der Waals surface area (Å²) in [6, 6.07) is 0.585. The van der Waals surface area contributed by atoms with Crippen LogP contribution in [0.3, 0.4) is 0 Å². The largest absolute Gasteiger partial charge is 2.00 e. The average molecular weight is 471 g/mol. The molecule has 0 spiro atoms. The Kier molecular flexibility index (Phi) is 13.0. The first kappa shape index (κ1) is 25.7. The Bertz CT molecular complexity index is 274. The van der Waals surface area contributed by atoms with E-state index in [2.05, 4.69) is 67.0 Å². The van der Waals surface area contributed by atoms with Crippen molar-refractivity contribution < 1.29 is 45.5 Å². The van der Waals surface area contributed by atoms with Crippen LogP contribution in [0.4, 0.5) is 0 Å². The minimum atomic E-state index is -1.18. The molecule has 2 aliphatic carbocycles. The van der Waals surface area contributed by atoms with E-state index >= 15 is 0 Å². The Labute approximate surface area is 169 Å². The van der Waals surface area contributed by atoms with E-state index in [1.54, 1.807) is 11.5 Å². The van der Waals surface area contributed by atoms with Crippen molar-refractivity contribution in [3.05, 3.63) is 62.8 Å². The molecule has 2 fully saturated rings. The zero-order chi connectivity index (χ0) is 15.4. The zero-order valence-corrected chi connectivity index (χ0v) is 19.1. The van der Waals surface area contributed by atoms with E-state index in [0.29, 0.717) is 6.04 Å². The molecule has 2 saturated carbocycles. The smallest absolute Gasteiger partial charge is 1.00 e. The number of hydrogen-bond donors (Lipinski definition) is 0. The van der Waals surface area contributed by atoms with Crippen molar-refractivity contribution in [1.82, 2.24) is 0 Å². The molecule has 0 bridgehead atoms. The summed E-state index contributed by atoms with van der Waals surface area (Å²) in [6.07, 6.45) is 16.9. The molecule has 4 heteroatoms. The van der Waals surface area contributed by atoms with E-state index < -0.39 is 8.07 Å². The van der Waals surface area contributed by atoms with E-state index in [1.807, 2.05) is 32.1 Å². The molecule has 22 heavy (non-hydrogen) atoms. The van der Waals surface area contributed by atoms with Gasteiger partial charge in [0.25, 0.3) is 0 Å². The fourth-order valence-corrected chi connectivity index (χ4v) is 3.97. The summed E-state index contributed by atoms with van der Waals surface area (Å²) in [5, 5.41) is 0. The van der Waals surface area contributed by atoms with Crippen LogP contribution in [0.2, 0.25) is 19.6 Å². The molecule has 0 aliphatic heterocycles. The van der Waals surface area contributed by atoms with Crippen LogP contribution in [-0.2, 0) is 17.1 Å². The van der Waals surface area contributed by atoms with Crippen molar-refractivity contribution in [2.75, 3.05) is 21.1 Å². The van der Waals surface area contributed by atoms with Crippen LogP contribution in [0.15, 0.2) is 0 Å². The molecule has 0 aromatic rings. The maximum atomic E-state index is 2.42. The van der Waals surface area contributed by atoms with Crippen molar-refractivity contribution >= 4 is 8.07 Å². The Morgan fingerprint density at radius 1 is 0.818 bits per heavy atom. The maximum absolute atomic E-state index is 2.42. The van der Waals surface area contributed by atoms with Crippen molar-refractivity contribution in [2.24, 2.45) is 0 Å². The predicted octanol–water partition coefficient (Wildman–Crippen LogP) is 0.757. The van der Waals surface area contributed by atoms with Gasteiger partial charge >= 0.3 is 17.1 Å². The van der Waals surface area contributed by atoms with Crippen LogP contribution in [-0.4, -0.2) is 39.7 Å². The molecule has 2 aliphatic rings. The summed E-state index contributed by atoms with van der Waals surface area (Å²) in [6.45, 7) is 9.61. The Morgan fingerprint density at radius 3 is 1.55 bits per heavy atom. The topological polar surface area (TPSA) is 0 Å². The monoisotopic (exact) mass is 471 g/mol. The third-order valence-corrected chi connectivity index (χ3v) is 5.90. The molecule has 0 N–H and O–H groups in total. The van der Waals surface area contributed by atoms with Crippen LogP contribution in [0.1, 0.15) is 6.92 Å². The third-order valence-electron chi connectivity index (χ3n) is 3.83. The van der Waals surface area contributed by atoms with Crippen molar-refractivity contribution in [3.8, 4) is 0 Å². The van der Waals surface area contributed by atoms with Gasteiger partial charge in [-0.25, -0.2) is 0 Å². The van der Waals surface area contributed by atoms with Crippen molar-refractivity contribution in [1.29, 1.82) is 0 Å². The van der Waals surface area contributed by atoms with Gasteiger partial charge in [0.15, 0.2) is 0 Å². The van der Waals surface area contributed by atoms with E-state index in [0.717, 1.165) is 4.48 Å². The predicted molar refractivity (Wildman–Crippen MR) is 91.7 cm³/mol. The molecule has 0 saturated heterocycles. The standard InChI is InChI=1S/C13H25NSi.C5H5.Fe.HI/c1-11(14(2,3)4)12-9-8-10-13(12)15(5,6)7;1-2-4-5-3-1;;/h8-11H,1-7H3;1-5H;;1H/q+1;;+2;/p-1/t11-;;;/m1.../s1. The molecule has 0 heterocycles. The Balaban J connectivity index is 0. The molecule has 124 valence electrons. The average Bonchev–Trinajstić information content (AvgIpc) is 3.00. The second-order valence-electron chi connectivity index (χ2n) is 7.40. The van der Waals surface area contributed by atoms with E-state index in [1.165, 1.54) is 0 Å². The van der Waals surface area contributed by atoms with E-state index in [-0.39, 0.29) is 41.0 Å². The number of nitrogens with zero attached hydrogens (tertiary/aromatic N) is 1. The first-order valence-electron chi connectivity index (χ1n) is 7.38. The van der Waals surface area contributed by atoms with Gasteiger partial charge in [-0.05, 0) is 63.8 Å². The second kappa shape index (κ2) is 11.1. The summed E-state index contributed by atoms with van der Waals surface area (Å²) >= 11 is 0. The van der Waals surface area contributed by atoms with Gasteiger partial charge < -0.3 is 28.5 Å². The minimum Gasteiger partial charge on any atom is -1.00 e. The first-order valence-corrected chi connectivity index (χ1v) is 10.9. The Morgan fingerprint density at radius 2 is 1.23 bits per heavy atom. The molecule has 1 atom stereocenters. The van der Waals surface area contributed by atoms with Crippen molar-refractivity contribution in [2.45, 2.75) is 32.6 Å². The van der Waals surface area contributed by atoms with E-state index in [9.17, 15) is 0 Å². The quantitative estimate of drug-likeness (QED) is 0.324. The fraction of sp³-hybridized carbons (Fsp3) is 0.444. The minimum absolute atomic E-state index is 0. The van der Waals surface area contributed by atoms with E-state index in [4.69, 9.17) is 0 Å². The summed E-state index contributed by atoms with van der Waals surface area (Å²) in [7, 11) is 5.63. The van der Waals surface area contributed by atoms with Crippen LogP contribution in [0, 0.1) is 62.8 Å². The van der Waals surface area contributed by atoms with Gasteiger partial charge in [-0.15, -0.1) is 0 Å². The molecular formula is C18H30FeINSi+2. The van der Waals surface area contributed by atoms with Gasteiger partial charge in [-0.2, -0.15) is 0 Å². The molecule has 0 aromatic carbocycles. The van der Waals surface area contributed by atoms with Gasteiger partial charge in [0, 0.05) is 5.92 Å². The molecular weight excluding hydrogens is 441 g/mol. The van der Waals surface area contributed by atoms with Gasteiger partial charge in [0.05, 0.1) is 35.3 Å². The normalized spacial score (nSPS) is 21.4. The SMILES string of the molecule is C[C@H]([C]1[CH][CH][CH][C]1[Si](C)(C)C)[N+](C)(C)C.[CH]1[CH][CH][CH][CH]1.[Fe+2].[I-]. The zero-order valence-electron chi connectivity index (χ0n) is 14.9. The van der Waals surface area contributed by atoms with Crippen LogP contribution in [0.25, 0.3) is 0 Å². The molecule has 1 nitrogen and oxygen atoms in total. The number of hydrogen-bond acceptors (Lipinski definition) is 0. The summed E-state index contributed by atoms with van der Waals surface area (Å²) in [5.41, 5.74) is 1.63. The van der Waals surface area contributed by atoms with Crippen LogP contribution < -0.4 is 24.0 Å². The van der Waals surface area contributed by atoms with Gasteiger partial charge in [0.1, 0.15) is 0 Å². The summed E-state index contributed by atoms with van der Waals surface area (Å²) in [5.74, 6) is 1.56. The molecule has 0 unspecified atom stereocenters. The summed E-state index contributed by atoms with van der Waals surface area (Å²) < 4.78 is 1.00. The maximum Gasteiger partial charge on any atom is 2.00 e. The van der Waals surface area contributed by atoms with Gasteiger partial charge in [-0.1, -0.05) is 19.6 Å². The van der Waals surface area contributed by atoms with Gasteiger partial charge in [-0.3, -0.25) is 0 Å². The molecule has 2 rings (SSSR count). The number of quaternary nitrogens is 1. The first-order chi connectivity index (χ1) is 9.14. The second-order valence-corrected chi connectivity index (χ2v) is 12.4. The van der Waals surface area contributed by atoms with Gasteiger partial charge in [0.2, 0.25) is 0 Å². The molecule has 0 amide bonds. The number of halogens is 1. The Hall–Kier alpha value is 1.43. The summed E-state index contributed by atoms with van der Waals surface area (Å²) in [4.78, 5) is 0. The molecule has 0 aromatic heterocycles. The number of rotatable bonds is 3.